The fourth-order valence-electron chi connectivity index (χ4n) is 5.45. The van der Waals surface area contributed by atoms with E-state index >= 15 is 0 Å². The topological polar surface area (TPSA) is 65.1 Å². The van der Waals surface area contributed by atoms with Gasteiger partial charge in [-0.25, -0.2) is 0 Å². The number of morpholine rings is 1. The second-order valence-electron chi connectivity index (χ2n) is 9.69. The Morgan fingerprint density at radius 1 is 1.00 bits per heavy atom. The summed E-state index contributed by atoms with van der Waals surface area (Å²) in [6.07, 6.45) is 9.21. The molecular formula is C27H40N4O3. The molecule has 3 aliphatic rings. The van der Waals surface area contributed by atoms with Crippen LogP contribution in [0, 0.1) is 5.92 Å². The smallest absolute Gasteiger partial charge is 0.246 e. The van der Waals surface area contributed by atoms with Crippen molar-refractivity contribution in [1.82, 2.24) is 20.0 Å². The molecule has 7 nitrogen and oxygen atoms in total. The van der Waals surface area contributed by atoms with Gasteiger partial charge in [0.1, 0.15) is 0 Å². The van der Waals surface area contributed by atoms with Crippen LogP contribution in [0.5, 0.6) is 0 Å². The van der Waals surface area contributed by atoms with Crippen molar-refractivity contribution in [3.8, 4) is 0 Å². The first kappa shape index (κ1) is 24.9. The number of carbonyl (C=O) groups excluding carboxylic acids is 2. The van der Waals surface area contributed by atoms with Crippen molar-refractivity contribution >= 4 is 17.9 Å². The molecule has 0 spiro atoms. The summed E-state index contributed by atoms with van der Waals surface area (Å²) < 4.78 is 5.41. The summed E-state index contributed by atoms with van der Waals surface area (Å²) >= 11 is 0. The highest BCUT2D eigenvalue weighted by atomic mass is 16.5. The minimum atomic E-state index is -0.0667. The quantitative estimate of drug-likeness (QED) is 0.445. The van der Waals surface area contributed by atoms with Crippen molar-refractivity contribution < 1.29 is 14.3 Å². The molecule has 1 N–H and O–H groups in total. The first-order chi connectivity index (χ1) is 16.7. The van der Waals surface area contributed by atoms with Gasteiger partial charge >= 0.3 is 0 Å². The summed E-state index contributed by atoms with van der Waals surface area (Å²) in [5, 5.41) is 3.24. The molecule has 2 saturated heterocycles. The third-order valence-electron chi connectivity index (χ3n) is 7.41. The van der Waals surface area contributed by atoms with Crippen LogP contribution in [-0.2, 0) is 14.3 Å². The van der Waals surface area contributed by atoms with E-state index in [-0.39, 0.29) is 17.9 Å². The number of carbonyl (C=O) groups is 2. The summed E-state index contributed by atoms with van der Waals surface area (Å²) in [7, 11) is 0. The van der Waals surface area contributed by atoms with E-state index in [1.165, 1.54) is 12.8 Å². The van der Waals surface area contributed by atoms with Crippen LogP contribution in [0.4, 0.5) is 0 Å². The number of piperazine rings is 1. The van der Waals surface area contributed by atoms with E-state index in [4.69, 9.17) is 4.74 Å². The van der Waals surface area contributed by atoms with E-state index in [2.05, 4.69) is 15.1 Å². The summed E-state index contributed by atoms with van der Waals surface area (Å²) in [6.45, 7) is 8.19. The third kappa shape index (κ3) is 7.14. The Bertz CT molecular complexity index is 795. The monoisotopic (exact) mass is 468 g/mol. The van der Waals surface area contributed by atoms with Crippen LogP contribution in [0.3, 0.4) is 0 Å². The predicted molar refractivity (Wildman–Crippen MR) is 134 cm³/mol. The van der Waals surface area contributed by atoms with Crippen LogP contribution < -0.4 is 5.32 Å². The minimum absolute atomic E-state index is 0.0495. The van der Waals surface area contributed by atoms with Crippen LogP contribution in [-0.4, -0.2) is 98.1 Å². The second-order valence-corrected chi connectivity index (χ2v) is 9.69. The van der Waals surface area contributed by atoms with Crippen LogP contribution in [0.1, 0.15) is 37.7 Å². The molecule has 2 aliphatic heterocycles. The van der Waals surface area contributed by atoms with E-state index in [0.29, 0.717) is 19.0 Å². The Balaban J connectivity index is 1.25. The number of benzene rings is 1. The normalized spacial score (nSPS) is 21.7. The first-order valence-electron chi connectivity index (χ1n) is 13.0. The fourth-order valence-corrected chi connectivity index (χ4v) is 5.45. The van der Waals surface area contributed by atoms with Gasteiger partial charge in [0.05, 0.1) is 19.3 Å². The Morgan fingerprint density at radius 3 is 2.41 bits per heavy atom. The standard InChI is InChI=1S/C27H40N4O3/c32-25(12-11-23-7-2-1-3-8-23)30-15-17-31(18-16-30)26(24-9-4-5-10-24)27(33)28-13-6-14-29-19-21-34-22-20-29/h1-3,7-8,11-12,24,26H,4-6,9-10,13-22H2,(H,28,33)/b12-11+/t26-/m0/s1. The van der Waals surface area contributed by atoms with E-state index in [1.807, 2.05) is 41.3 Å². The maximum atomic E-state index is 13.3. The molecule has 1 aliphatic carbocycles. The molecule has 0 aromatic heterocycles. The fraction of sp³-hybridized carbons (Fsp3) is 0.630. The molecule has 1 aromatic rings. The Labute approximate surface area is 204 Å². The number of nitrogens with one attached hydrogen (secondary N) is 1. The van der Waals surface area contributed by atoms with Gasteiger partial charge in [0.2, 0.25) is 11.8 Å². The highest BCUT2D eigenvalue weighted by molar-refractivity contribution is 5.91. The zero-order chi connectivity index (χ0) is 23.6. The largest absolute Gasteiger partial charge is 0.379 e. The predicted octanol–water partition coefficient (Wildman–Crippen LogP) is 2.24. The Kier molecular flexibility index (Phi) is 9.53. The van der Waals surface area contributed by atoms with E-state index in [9.17, 15) is 9.59 Å². The van der Waals surface area contributed by atoms with Crippen molar-refractivity contribution in [2.24, 2.45) is 5.92 Å². The van der Waals surface area contributed by atoms with Gasteiger partial charge in [-0.3, -0.25) is 19.4 Å². The number of hydrogen-bond donors (Lipinski definition) is 1. The first-order valence-corrected chi connectivity index (χ1v) is 13.0. The van der Waals surface area contributed by atoms with Crippen molar-refractivity contribution in [2.45, 2.75) is 38.1 Å². The van der Waals surface area contributed by atoms with Gasteiger partial charge in [-0.2, -0.15) is 0 Å². The van der Waals surface area contributed by atoms with E-state index in [0.717, 1.165) is 77.3 Å². The van der Waals surface area contributed by atoms with E-state index in [1.54, 1.807) is 6.08 Å². The molecule has 3 fully saturated rings. The third-order valence-corrected chi connectivity index (χ3v) is 7.41. The molecule has 4 rings (SSSR count). The lowest BCUT2D eigenvalue weighted by molar-refractivity contribution is -0.132. The zero-order valence-electron chi connectivity index (χ0n) is 20.4. The lowest BCUT2D eigenvalue weighted by Crippen LogP contribution is -2.58. The number of ether oxygens (including phenoxy) is 1. The maximum Gasteiger partial charge on any atom is 0.246 e. The SMILES string of the molecule is O=C(NCCCN1CCOCC1)[C@H](C1CCCC1)N1CCN(C(=O)/C=C/c2ccccc2)CC1. The van der Waals surface area contributed by atoms with E-state index < -0.39 is 0 Å². The average Bonchev–Trinajstić information content (AvgIpc) is 3.41. The highest BCUT2D eigenvalue weighted by Gasteiger charge is 2.37. The Hall–Kier alpha value is -2.22. The maximum absolute atomic E-state index is 13.3. The molecule has 2 heterocycles. The molecule has 1 atom stereocenters. The molecule has 0 unspecified atom stereocenters. The van der Waals surface area contributed by atoms with Crippen molar-refractivity contribution in [3.05, 3.63) is 42.0 Å². The van der Waals surface area contributed by atoms with Gasteiger partial charge in [-0.1, -0.05) is 43.2 Å². The molecule has 186 valence electrons. The van der Waals surface area contributed by atoms with Gasteiger partial charge in [0.25, 0.3) is 0 Å². The second kappa shape index (κ2) is 13.0. The van der Waals surface area contributed by atoms with Gasteiger partial charge < -0.3 is 15.0 Å². The van der Waals surface area contributed by atoms with Gasteiger partial charge in [0.15, 0.2) is 0 Å². The molecular weight excluding hydrogens is 428 g/mol. The summed E-state index contributed by atoms with van der Waals surface area (Å²) in [4.78, 5) is 32.6. The molecule has 34 heavy (non-hydrogen) atoms. The van der Waals surface area contributed by atoms with Crippen LogP contribution >= 0.6 is 0 Å². The average molecular weight is 469 g/mol. The van der Waals surface area contributed by atoms with Crippen LogP contribution in [0.2, 0.25) is 0 Å². The van der Waals surface area contributed by atoms with Crippen LogP contribution in [0.15, 0.2) is 36.4 Å². The number of amides is 2. The number of hydrogen-bond acceptors (Lipinski definition) is 5. The molecule has 0 radical (unpaired) electrons. The van der Waals surface area contributed by atoms with Crippen molar-refractivity contribution in [2.75, 3.05) is 65.6 Å². The molecule has 0 bridgehead atoms. The molecule has 1 aromatic carbocycles. The summed E-state index contributed by atoms with van der Waals surface area (Å²) in [5.41, 5.74) is 1.03. The molecule has 1 saturated carbocycles. The molecule has 2 amide bonds. The van der Waals surface area contributed by atoms with Crippen LogP contribution in [0.25, 0.3) is 6.08 Å². The van der Waals surface area contributed by atoms with Crippen molar-refractivity contribution in [3.63, 3.8) is 0 Å². The van der Waals surface area contributed by atoms with Gasteiger partial charge in [0, 0.05) is 51.9 Å². The zero-order valence-corrected chi connectivity index (χ0v) is 20.4. The Morgan fingerprint density at radius 2 is 1.71 bits per heavy atom. The van der Waals surface area contributed by atoms with Gasteiger partial charge in [-0.05, 0) is 43.4 Å². The summed E-state index contributed by atoms with van der Waals surface area (Å²) in [5.74, 6) is 0.658. The highest BCUT2D eigenvalue weighted by Crippen LogP contribution is 2.31. The molecule has 7 heteroatoms. The van der Waals surface area contributed by atoms with Gasteiger partial charge in [-0.15, -0.1) is 0 Å². The summed E-state index contributed by atoms with van der Waals surface area (Å²) in [6, 6.07) is 9.84. The lowest BCUT2D eigenvalue weighted by Gasteiger charge is -2.40. The lowest BCUT2D eigenvalue weighted by atomic mass is 9.95. The number of rotatable bonds is 9. The minimum Gasteiger partial charge on any atom is -0.379 e. The number of nitrogens with zero attached hydrogens (tertiary/aromatic N) is 3. The van der Waals surface area contributed by atoms with Crippen molar-refractivity contribution in [1.29, 1.82) is 0 Å².